The summed E-state index contributed by atoms with van der Waals surface area (Å²) in [5, 5.41) is 0. The van der Waals surface area contributed by atoms with Gasteiger partial charge < -0.3 is 0 Å². The van der Waals surface area contributed by atoms with Gasteiger partial charge >= 0.3 is 0 Å². The second-order valence-electron chi connectivity index (χ2n) is 8.65. The highest BCUT2D eigenvalue weighted by atomic mass is 19.1. The maximum Gasteiger partial charge on any atom is 0.255 e. The lowest BCUT2D eigenvalue weighted by molar-refractivity contribution is -0.128. The fourth-order valence-electron chi connectivity index (χ4n) is 4.27. The van der Waals surface area contributed by atoms with Crippen LogP contribution in [0.4, 0.5) is 15.8 Å². The van der Waals surface area contributed by atoms with Crippen molar-refractivity contribution >= 4 is 23.2 Å². The van der Waals surface area contributed by atoms with Crippen LogP contribution in [0.3, 0.4) is 0 Å². The van der Waals surface area contributed by atoms with Crippen molar-refractivity contribution in [1.29, 1.82) is 0 Å². The normalized spacial score (nSPS) is 16.8. The highest BCUT2D eigenvalue weighted by molar-refractivity contribution is 6.14. The Kier molecular flexibility index (Phi) is 5.83. The topological polar surface area (TPSA) is 40.6 Å². The van der Waals surface area contributed by atoms with E-state index >= 15 is 0 Å². The number of benzene rings is 3. The summed E-state index contributed by atoms with van der Waals surface area (Å²) in [4.78, 5) is 30.0. The molecule has 4 nitrogen and oxygen atoms in total. The van der Waals surface area contributed by atoms with Gasteiger partial charge in [-0.2, -0.15) is 0 Å². The molecule has 1 saturated heterocycles. The lowest BCUT2D eigenvalue weighted by Crippen LogP contribution is -2.56. The molecular formula is C27H27FN2O2. The van der Waals surface area contributed by atoms with Crippen LogP contribution in [0, 0.1) is 19.7 Å². The molecule has 4 rings (SSSR count). The van der Waals surface area contributed by atoms with Crippen LogP contribution in [-0.4, -0.2) is 18.4 Å². The molecule has 0 bridgehead atoms. The predicted octanol–water partition coefficient (Wildman–Crippen LogP) is 5.69. The Labute approximate surface area is 188 Å². The maximum atomic E-state index is 14.6. The molecule has 1 heterocycles. The zero-order chi connectivity index (χ0) is 23.0. The van der Waals surface area contributed by atoms with Crippen molar-refractivity contribution in [2.45, 2.75) is 39.7 Å². The number of nitrogens with zero attached hydrogens (tertiary/aromatic N) is 2. The van der Waals surface area contributed by atoms with Gasteiger partial charge in [0.1, 0.15) is 18.4 Å². The average molecular weight is 431 g/mol. The van der Waals surface area contributed by atoms with E-state index in [1.54, 1.807) is 17.0 Å². The number of piperazine rings is 1. The van der Waals surface area contributed by atoms with E-state index in [1.807, 2.05) is 56.3 Å². The molecule has 1 aliphatic rings. The van der Waals surface area contributed by atoms with Gasteiger partial charge in [-0.25, -0.2) is 4.39 Å². The number of amides is 2. The first-order valence-corrected chi connectivity index (χ1v) is 10.8. The lowest BCUT2D eigenvalue weighted by Gasteiger charge is -2.41. The van der Waals surface area contributed by atoms with Crippen LogP contribution >= 0.6 is 0 Å². The molecule has 0 radical (unpaired) electrons. The molecule has 2 amide bonds. The van der Waals surface area contributed by atoms with Gasteiger partial charge in [0, 0.05) is 5.69 Å². The van der Waals surface area contributed by atoms with Gasteiger partial charge in [-0.05, 0) is 54.7 Å². The molecule has 3 aromatic carbocycles. The van der Waals surface area contributed by atoms with Crippen LogP contribution in [0.1, 0.15) is 48.1 Å². The number of hydrogen-bond donors (Lipinski definition) is 0. The summed E-state index contributed by atoms with van der Waals surface area (Å²) in [5.74, 6) is -0.759. The average Bonchev–Trinajstić information content (AvgIpc) is 2.76. The van der Waals surface area contributed by atoms with Crippen molar-refractivity contribution in [2.24, 2.45) is 0 Å². The van der Waals surface area contributed by atoms with Gasteiger partial charge in [0.15, 0.2) is 0 Å². The number of anilines is 2. The third-order valence-electron chi connectivity index (χ3n) is 5.99. The first-order valence-electron chi connectivity index (χ1n) is 10.8. The summed E-state index contributed by atoms with van der Waals surface area (Å²) < 4.78 is 14.6. The minimum Gasteiger partial charge on any atom is -0.298 e. The Balaban J connectivity index is 1.85. The summed E-state index contributed by atoms with van der Waals surface area (Å²) in [7, 11) is 0. The van der Waals surface area contributed by atoms with Crippen LogP contribution in [0.25, 0.3) is 0 Å². The Bertz CT molecular complexity index is 1170. The SMILES string of the molecule is Cc1ccc(N2C(=O)CN(c3ccccc3F)C(=O)[C@H]2c2ccc(C(C)C)cc2)c(C)c1. The fraction of sp³-hybridized carbons (Fsp3) is 0.259. The van der Waals surface area contributed by atoms with E-state index in [2.05, 4.69) is 13.8 Å². The number of hydrogen-bond acceptors (Lipinski definition) is 2. The molecule has 32 heavy (non-hydrogen) atoms. The van der Waals surface area contributed by atoms with Crippen LogP contribution < -0.4 is 9.80 Å². The number of para-hydroxylation sites is 1. The van der Waals surface area contributed by atoms with Crippen LogP contribution in [0.15, 0.2) is 66.7 Å². The smallest absolute Gasteiger partial charge is 0.255 e. The zero-order valence-electron chi connectivity index (χ0n) is 18.8. The molecule has 0 N–H and O–H groups in total. The molecule has 1 atom stereocenters. The highest BCUT2D eigenvalue weighted by Gasteiger charge is 2.42. The highest BCUT2D eigenvalue weighted by Crippen LogP contribution is 2.37. The predicted molar refractivity (Wildman–Crippen MR) is 125 cm³/mol. The summed E-state index contributed by atoms with van der Waals surface area (Å²) >= 11 is 0. The summed E-state index contributed by atoms with van der Waals surface area (Å²) in [6.45, 7) is 7.91. The molecule has 0 spiro atoms. The molecule has 0 aliphatic carbocycles. The fourth-order valence-corrected chi connectivity index (χ4v) is 4.27. The van der Waals surface area contributed by atoms with Crippen molar-refractivity contribution in [3.8, 4) is 0 Å². The second kappa shape index (κ2) is 8.58. The van der Waals surface area contributed by atoms with Crippen LogP contribution in [0.5, 0.6) is 0 Å². The van der Waals surface area contributed by atoms with Crippen molar-refractivity contribution in [2.75, 3.05) is 16.3 Å². The zero-order valence-corrected chi connectivity index (χ0v) is 18.8. The standard InChI is InChI=1S/C27H27FN2O2/c1-17(2)20-10-12-21(13-11-20)26-27(32)29(24-8-6-5-7-22(24)28)16-25(31)30(26)23-14-9-18(3)15-19(23)4/h5-15,17,26H,16H2,1-4H3/t26-/m1/s1. The quantitative estimate of drug-likeness (QED) is 0.534. The van der Waals surface area contributed by atoms with E-state index in [4.69, 9.17) is 0 Å². The third kappa shape index (κ3) is 3.91. The molecule has 1 aliphatic heterocycles. The lowest BCUT2D eigenvalue weighted by atomic mass is 9.95. The largest absolute Gasteiger partial charge is 0.298 e. The first-order chi connectivity index (χ1) is 15.3. The molecule has 0 aromatic heterocycles. The Morgan fingerprint density at radius 2 is 1.59 bits per heavy atom. The van der Waals surface area contributed by atoms with E-state index in [-0.39, 0.29) is 24.0 Å². The van der Waals surface area contributed by atoms with Gasteiger partial charge in [0.25, 0.3) is 5.91 Å². The van der Waals surface area contributed by atoms with Gasteiger partial charge in [0.2, 0.25) is 5.91 Å². The molecule has 1 fully saturated rings. The van der Waals surface area contributed by atoms with Crippen molar-refractivity contribution in [3.63, 3.8) is 0 Å². The Hall–Kier alpha value is -3.47. The van der Waals surface area contributed by atoms with E-state index in [9.17, 15) is 14.0 Å². The van der Waals surface area contributed by atoms with Crippen molar-refractivity contribution < 1.29 is 14.0 Å². The number of carbonyl (C=O) groups excluding carboxylic acids is 2. The summed E-state index contributed by atoms with van der Waals surface area (Å²) in [5.41, 5.74) is 4.65. The minimum absolute atomic E-state index is 0.120. The van der Waals surface area contributed by atoms with Crippen molar-refractivity contribution in [3.05, 3.63) is 94.8 Å². The monoisotopic (exact) mass is 430 g/mol. The van der Waals surface area contributed by atoms with E-state index in [1.165, 1.54) is 17.0 Å². The minimum atomic E-state index is -0.876. The third-order valence-corrected chi connectivity index (χ3v) is 5.99. The molecule has 164 valence electrons. The number of aryl methyl sites for hydroxylation is 2. The molecule has 0 unspecified atom stereocenters. The van der Waals surface area contributed by atoms with Crippen LogP contribution in [0.2, 0.25) is 0 Å². The summed E-state index contributed by atoms with van der Waals surface area (Å²) in [6.07, 6.45) is 0. The molecule has 3 aromatic rings. The van der Waals surface area contributed by atoms with Gasteiger partial charge in [-0.15, -0.1) is 0 Å². The number of halogens is 1. The first kappa shape index (κ1) is 21.8. The summed E-state index contributed by atoms with van der Waals surface area (Å²) in [6, 6.07) is 18.8. The van der Waals surface area contributed by atoms with Crippen molar-refractivity contribution in [1.82, 2.24) is 0 Å². The molecular weight excluding hydrogens is 403 g/mol. The maximum absolute atomic E-state index is 14.6. The van der Waals surface area contributed by atoms with E-state index in [0.29, 0.717) is 17.2 Å². The van der Waals surface area contributed by atoms with E-state index < -0.39 is 11.9 Å². The Morgan fingerprint density at radius 3 is 2.22 bits per heavy atom. The van der Waals surface area contributed by atoms with E-state index in [0.717, 1.165) is 16.7 Å². The van der Waals surface area contributed by atoms with Gasteiger partial charge in [-0.1, -0.05) is 67.9 Å². The second-order valence-corrected chi connectivity index (χ2v) is 8.65. The van der Waals surface area contributed by atoms with Gasteiger partial charge in [0.05, 0.1) is 5.69 Å². The van der Waals surface area contributed by atoms with Gasteiger partial charge in [-0.3, -0.25) is 19.4 Å². The Morgan fingerprint density at radius 1 is 0.906 bits per heavy atom. The molecule has 0 saturated carbocycles. The number of carbonyl (C=O) groups is 2. The number of rotatable bonds is 4. The van der Waals surface area contributed by atoms with Crippen LogP contribution in [-0.2, 0) is 9.59 Å². The molecule has 5 heteroatoms.